The summed E-state index contributed by atoms with van der Waals surface area (Å²) in [4.78, 5) is 27.3. The summed E-state index contributed by atoms with van der Waals surface area (Å²) in [7, 11) is 0. The molecule has 0 saturated carbocycles. The third kappa shape index (κ3) is 3.65. The highest BCUT2D eigenvalue weighted by Crippen LogP contribution is 2.31. The predicted octanol–water partition coefficient (Wildman–Crippen LogP) is 2.03. The molecule has 7 nitrogen and oxygen atoms in total. The minimum atomic E-state index is -1.02. The quantitative estimate of drug-likeness (QED) is 0.858. The number of thiazole rings is 1. The van der Waals surface area contributed by atoms with Crippen LogP contribution in [0.25, 0.3) is 0 Å². The second-order valence-corrected chi connectivity index (χ2v) is 6.37. The highest BCUT2D eigenvalue weighted by atomic mass is 32.1. The van der Waals surface area contributed by atoms with Crippen LogP contribution in [0, 0.1) is 0 Å². The number of carbonyl (C=O) groups excluding carboxylic acids is 1. The Morgan fingerprint density at radius 2 is 2.08 bits per heavy atom. The van der Waals surface area contributed by atoms with Crippen LogP contribution in [0.15, 0.2) is 24.4 Å². The number of benzene rings is 1. The lowest BCUT2D eigenvalue weighted by Gasteiger charge is -2.19. The largest absolute Gasteiger partial charge is 0.486 e. The lowest BCUT2D eigenvalue weighted by Crippen LogP contribution is -2.28. The fourth-order valence-corrected chi connectivity index (χ4v) is 3.08. The normalized spacial score (nSPS) is 14.0. The van der Waals surface area contributed by atoms with E-state index in [1.807, 2.05) is 6.07 Å². The maximum absolute atomic E-state index is 12.2. The van der Waals surface area contributed by atoms with Crippen LogP contribution >= 0.6 is 11.3 Å². The van der Waals surface area contributed by atoms with Gasteiger partial charge in [0.25, 0.3) is 0 Å². The second kappa shape index (κ2) is 6.88. The van der Waals surface area contributed by atoms with E-state index in [1.165, 1.54) is 6.20 Å². The first-order valence-corrected chi connectivity index (χ1v) is 8.21. The van der Waals surface area contributed by atoms with Crippen LogP contribution in [0.5, 0.6) is 11.5 Å². The highest BCUT2D eigenvalue weighted by Gasteiger charge is 2.17. The second-order valence-electron chi connectivity index (χ2n) is 5.31. The van der Waals surface area contributed by atoms with Crippen molar-refractivity contribution in [2.24, 2.45) is 0 Å². The van der Waals surface area contributed by atoms with Gasteiger partial charge in [0, 0.05) is 0 Å². The number of hydrogen-bond acceptors (Lipinski definition) is 6. The number of carboxylic acids is 1. The average Bonchev–Trinajstić information content (AvgIpc) is 3.05. The first-order chi connectivity index (χ1) is 11.5. The Kier molecular flexibility index (Phi) is 4.66. The number of hydrogen-bond donors (Lipinski definition) is 2. The summed E-state index contributed by atoms with van der Waals surface area (Å²) < 4.78 is 10.9. The number of nitrogens with zero attached hydrogens (tertiary/aromatic N) is 1. The van der Waals surface area contributed by atoms with E-state index in [1.54, 1.807) is 19.1 Å². The number of aromatic carboxylic acids is 1. The topological polar surface area (TPSA) is 97.8 Å². The standard InChI is InChI=1S/C16H16N2O5S/c1-9(15-17-8-13(24-15)16(20)21)18-14(19)7-10-2-3-11-12(6-10)23-5-4-22-11/h2-3,6,8-9H,4-5,7H2,1H3,(H,18,19)(H,20,21). The Hall–Kier alpha value is -2.61. The molecule has 1 aliphatic rings. The summed E-state index contributed by atoms with van der Waals surface area (Å²) in [6.07, 6.45) is 1.49. The molecule has 126 valence electrons. The van der Waals surface area contributed by atoms with Gasteiger partial charge in [-0.25, -0.2) is 9.78 Å². The predicted molar refractivity (Wildman–Crippen MR) is 86.8 cm³/mol. The van der Waals surface area contributed by atoms with Crippen molar-refractivity contribution in [1.29, 1.82) is 0 Å². The van der Waals surface area contributed by atoms with Gasteiger partial charge in [0.05, 0.1) is 18.7 Å². The van der Waals surface area contributed by atoms with Crippen LogP contribution in [-0.4, -0.2) is 35.2 Å². The number of fused-ring (bicyclic) bond motifs is 1. The number of nitrogens with one attached hydrogen (secondary N) is 1. The molecule has 2 N–H and O–H groups in total. The van der Waals surface area contributed by atoms with Gasteiger partial charge in [-0.1, -0.05) is 6.07 Å². The smallest absolute Gasteiger partial charge is 0.347 e. The van der Waals surface area contributed by atoms with Gasteiger partial charge >= 0.3 is 5.97 Å². The Morgan fingerprint density at radius 1 is 1.33 bits per heavy atom. The minimum Gasteiger partial charge on any atom is -0.486 e. The van der Waals surface area contributed by atoms with Crippen molar-refractivity contribution < 1.29 is 24.2 Å². The summed E-state index contributed by atoms with van der Waals surface area (Å²) in [5, 5.41) is 12.3. The van der Waals surface area contributed by atoms with Crippen LogP contribution in [0.3, 0.4) is 0 Å². The molecule has 0 bridgehead atoms. The molecule has 1 unspecified atom stereocenters. The molecule has 0 saturated heterocycles. The first kappa shape index (κ1) is 16.3. The molecule has 1 aliphatic heterocycles. The van der Waals surface area contributed by atoms with E-state index in [0.29, 0.717) is 29.7 Å². The Bertz CT molecular complexity index is 774. The Labute approximate surface area is 142 Å². The molecule has 3 rings (SSSR count). The fraction of sp³-hybridized carbons (Fsp3) is 0.312. The molecule has 0 radical (unpaired) electrons. The Balaban J connectivity index is 1.61. The van der Waals surface area contributed by atoms with Gasteiger partial charge in [0.1, 0.15) is 23.1 Å². The van der Waals surface area contributed by atoms with E-state index in [4.69, 9.17) is 14.6 Å². The van der Waals surface area contributed by atoms with Crippen molar-refractivity contribution in [2.45, 2.75) is 19.4 Å². The molecule has 0 fully saturated rings. The minimum absolute atomic E-state index is 0.151. The molecule has 1 aromatic heterocycles. The van der Waals surface area contributed by atoms with Gasteiger partial charge in [0.2, 0.25) is 5.91 Å². The summed E-state index contributed by atoms with van der Waals surface area (Å²) in [5.74, 6) is 0.133. The van der Waals surface area contributed by atoms with Crippen LogP contribution in [-0.2, 0) is 11.2 Å². The molecular weight excluding hydrogens is 332 g/mol. The lowest BCUT2D eigenvalue weighted by molar-refractivity contribution is -0.121. The van der Waals surface area contributed by atoms with Gasteiger partial charge in [-0.3, -0.25) is 4.79 Å². The Morgan fingerprint density at radius 3 is 2.79 bits per heavy atom. The van der Waals surface area contributed by atoms with Crippen molar-refractivity contribution in [3.63, 3.8) is 0 Å². The molecule has 2 heterocycles. The average molecular weight is 348 g/mol. The molecule has 0 spiro atoms. The third-order valence-corrected chi connectivity index (χ3v) is 4.62. The van der Waals surface area contributed by atoms with Crippen molar-refractivity contribution >= 4 is 23.2 Å². The van der Waals surface area contributed by atoms with Gasteiger partial charge in [-0.2, -0.15) is 0 Å². The van der Waals surface area contributed by atoms with E-state index in [0.717, 1.165) is 16.9 Å². The van der Waals surface area contributed by atoms with Crippen LogP contribution in [0.1, 0.15) is 33.2 Å². The van der Waals surface area contributed by atoms with E-state index < -0.39 is 5.97 Å². The maximum atomic E-state index is 12.2. The number of ether oxygens (including phenoxy) is 2. The SMILES string of the molecule is CC(NC(=O)Cc1ccc2c(c1)OCCO2)c1ncc(C(=O)O)s1. The molecule has 1 atom stereocenters. The van der Waals surface area contributed by atoms with E-state index in [9.17, 15) is 9.59 Å². The monoisotopic (exact) mass is 348 g/mol. The molecular formula is C16H16N2O5S. The van der Waals surface area contributed by atoms with Crippen LogP contribution in [0.2, 0.25) is 0 Å². The van der Waals surface area contributed by atoms with E-state index in [-0.39, 0.29) is 23.2 Å². The number of carboxylic acid groups (broad SMARTS) is 1. The van der Waals surface area contributed by atoms with Gasteiger partial charge in [-0.05, 0) is 24.6 Å². The zero-order chi connectivity index (χ0) is 17.1. The summed E-state index contributed by atoms with van der Waals surface area (Å²) in [6, 6.07) is 5.06. The first-order valence-electron chi connectivity index (χ1n) is 7.40. The van der Waals surface area contributed by atoms with Crippen molar-refractivity contribution in [3.8, 4) is 11.5 Å². The molecule has 1 aromatic carbocycles. The summed E-state index contributed by atoms with van der Waals surface area (Å²) in [6.45, 7) is 2.79. The van der Waals surface area contributed by atoms with E-state index >= 15 is 0 Å². The lowest BCUT2D eigenvalue weighted by atomic mass is 10.1. The van der Waals surface area contributed by atoms with Crippen molar-refractivity contribution in [2.75, 3.05) is 13.2 Å². The summed E-state index contributed by atoms with van der Waals surface area (Å²) >= 11 is 1.05. The molecule has 24 heavy (non-hydrogen) atoms. The number of rotatable bonds is 5. The maximum Gasteiger partial charge on any atom is 0.347 e. The number of carbonyl (C=O) groups is 2. The third-order valence-electron chi connectivity index (χ3n) is 3.45. The highest BCUT2D eigenvalue weighted by molar-refractivity contribution is 7.13. The number of amides is 1. The fourth-order valence-electron chi connectivity index (χ4n) is 2.32. The summed E-state index contributed by atoms with van der Waals surface area (Å²) in [5.41, 5.74) is 0.814. The van der Waals surface area contributed by atoms with E-state index in [2.05, 4.69) is 10.3 Å². The van der Waals surface area contributed by atoms with Gasteiger partial charge in [0.15, 0.2) is 11.5 Å². The molecule has 1 amide bonds. The molecule has 2 aromatic rings. The van der Waals surface area contributed by atoms with Crippen LogP contribution in [0.4, 0.5) is 0 Å². The van der Waals surface area contributed by atoms with Crippen LogP contribution < -0.4 is 14.8 Å². The zero-order valence-electron chi connectivity index (χ0n) is 12.9. The number of aromatic nitrogens is 1. The van der Waals surface area contributed by atoms with Gasteiger partial charge in [-0.15, -0.1) is 11.3 Å². The van der Waals surface area contributed by atoms with Crippen molar-refractivity contribution in [1.82, 2.24) is 10.3 Å². The zero-order valence-corrected chi connectivity index (χ0v) is 13.8. The molecule has 0 aliphatic carbocycles. The van der Waals surface area contributed by atoms with Gasteiger partial charge < -0.3 is 19.9 Å². The van der Waals surface area contributed by atoms with Crippen molar-refractivity contribution in [3.05, 3.63) is 39.8 Å². The molecule has 8 heteroatoms.